The van der Waals surface area contributed by atoms with E-state index in [2.05, 4.69) is 36.3 Å². The Morgan fingerprint density at radius 2 is 2.03 bits per heavy atom. The molecule has 0 aromatic heterocycles. The highest BCUT2D eigenvalue weighted by molar-refractivity contribution is 14.0. The summed E-state index contributed by atoms with van der Waals surface area (Å²) in [4.78, 5) is 18.7. The van der Waals surface area contributed by atoms with Crippen molar-refractivity contribution in [3.8, 4) is 0 Å². The first-order chi connectivity index (χ1) is 14.0. The van der Waals surface area contributed by atoms with Crippen molar-refractivity contribution < 1.29 is 14.3 Å². The van der Waals surface area contributed by atoms with Crippen LogP contribution in [0.15, 0.2) is 29.3 Å². The van der Waals surface area contributed by atoms with E-state index in [1.807, 2.05) is 12.1 Å². The predicted octanol–water partition coefficient (Wildman–Crippen LogP) is 2.55. The second-order valence-electron chi connectivity index (χ2n) is 7.73. The van der Waals surface area contributed by atoms with Crippen molar-refractivity contribution in [2.75, 3.05) is 53.0 Å². The zero-order valence-corrected chi connectivity index (χ0v) is 21.0. The Balaban J connectivity index is 0.00000450. The SMILES string of the molecule is CCNC(=NCC1CN(CC(C)C)CCO1)NCCc1ccc(C(=O)OC)cc1.I. The van der Waals surface area contributed by atoms with Gasteiger partial charge in [-0.05, 0) is 37.0 Å². The third kappa shape index (κ3) is 9.61. The second kappa shape index (κ2) is 14.6. The standard InChI is InChI=1S/C22H36N4O3.HI/c1-5-23-22(25-14-20-16-26(12-13-29-20)15-17(2)3)24-11-10-18-6-8-19(9-7-18)21(27)28-4;/h6-9,17,20H,5,10-16H2,1-4H3,(H2,23,24,25);1H. The number of benzene rings is 1. The van der Waals surface area contributed by atoms with Crippen LogP contribution in [0.4, 0.5) is 0 Å². The lowest BCUT2D eigenvalue weighted by Gasteiger charge is -2.33. The first-order valence-electron chi connectivity index (χ1n) is 10.5. The fourth-order valence-corrected chi connectivity index (χ4v) is 3.36. The third-order valence-corrected chi connectivity index (χ3v) is 4.72. The van der Waals surface area contributed by atoms with Gasteiger partial charge in [0.15, 0.2) is 5.96 Å². The monoisotopic (exact) mass is 532 g/mol. The second-order valence-corrected chi connectivity index (χ2v) is 7.73. The number of methoxy groups -OCH3 is 1. The summed E-state index contributed by atoms with van der Waals surface area (Å²) in [6.07, 6.45) is 0.984. The lowest BCUT2D eigenvalue weighted by Crippen LogP contribution is -2.46. The van der Waals surface area contributed by atoms with Crippen LogP contribution < -0.4 is 10.6 Å². The third-order valence-electron chi connectivity index (χ3n) is 4.72. The lowest BCUT2D eigenvalue weighted by atomic mass is 10.1. The van der Waals surface area contributed by atoms with Crippen LogP contribution in [0.3, 0.4) is 0 Å². The molecule has 2 rings (SSSR count). The molecule has 1 aromatic carbocycles. The fourth-order valence-electron chi connectivity index (χ4n) is 3.36. The summed E-state index contributed by atoms with van der Waals surface area (Å²) in [5.74, 6) is 1.16. The van der Waals surface area contributed by atoms with E-state index in [0.29, 0.717) is 18.0 Å². The number of rotatable bonds is 9. The smallest absolute Gasteiger partial charge is 0.337 e. The minimum absolute atomic E-state index is 0. The molecule has 0 amide bonds. The van der Waals surface area contributed by atoms with Gasteiger partial charge in [-0.2, -0.15) is 0 Å². The maximum Gasteiger partial charge on any atom is 0.337 e. The quantitative estimate of drug-likeness (QED) is 0.221. The summed E-state index contributed by atoms with van der Waals surface area (Å²) in [6, 6.07) is 7.50. The number of hydrogen-bond acceptors (Lipinski definition) is 5. The van der Waals surface area contributed by atoms with E-state index in [1.54, 1.807) is 12.1 Å². The average Bonchev–Trinajstić information content (AvgIpc) is 2.71. The molecule has 0 aliphatic carbocycles. The summed E-state index contributed by atoms with van der Waals surface area (Å²) in [5, 5.41) is 6.67. The molecule has 0 radical (unpaired) electrons. The maximum absolute atomic E-state index is 11.5. The molecule has 2 N–H and O–H groups in total. The van der Waals surface area contributed by atoms with Gasteiger partial charge >= 0.3 is 5.97 Å². The summed E-state index contributed by atoms with van der Waals surface area (Å²) in [7, 11) is 1.39. The van der Waals surface area contributed by atoms with Crippen molar-refractivity contribution in [2.45, 2.75) is 33.3 Å². The molecule has 1 aliphatic heterocycles. The molecule has 0 saturated carbocycles. The zero-order chi connectivity index (χ0) is 21.1. The Morgan fingerprint density at radius 1 is 1.30 bits per heavy atom. The van der Waals surface area contributed by atoms with Gasteiger partial charge in [0.1, 0.15) is 0 Å². The molecule has 1 aliphatic rings. The number of aliphatic imine (C=N–C) groups is 1. The molecular formula is C22H37IN4O3. The van der Waals surface area contributed by atoms with Crippen LogP contribution in [0, 0.1) is 5.92 Å². The van der Waals surface area contributed by atoms with E-state index in [0.717, 1.165) is 57.3 Å². The summed E-state index contributed by atoms with van der Waals surface area (Å²) >= 11 is 0. The van der Waals surface area contributed by atoms with Gasteiger partial charge in [0.25, 0.3) is 0 Å². The van der Waals surface area contributed by atoms with Crippen molar-refractivity contribution in [1.29, 1.82) is 0 Å². The number of carbonyl (C=O) groups excluding carboxylic acids is 1. The normalized spacial score (nSPS) is 17.4. The van der Waals surface area contributed by atoms with Crippen LogP contribution in [0.25, 0.3) is 0 Å². The van der Waals surface area contributed by atoms with E-state index < -0.39 is 0 Å². The molecule has 170 valence electrons. The predicted molar refractivity (Wildman–Crippen MR) is 132 cm³/mol. The molecule has 0 bridgehead atoms. The first-order valence-corrected chi connectivity index (χ1v) is 10.5. The summed E-state index contributed by atoms with van der Waals surface area (Å²) < 4.78 is 10.6. The molecule has 30 heavy (non-hydrogen) atoms. The summed E-state index contributed by atoms with van der Waals surface area (Å²) in [5.41, 5.74) is 1.72. The highest BCUT2D eigenvalue weighted by Crippen LogP contribution is 2.09. The molecule has 1 unspecified atom stereocenters. The van der Waals surface area contributed by atoms with E-state index in [1.165, 1.54) is 7.11 Å². The Hall–Kier alpha value is -1.39. The number of esters is 1. The molecule has 0 spiro atoms. The first kappa shape index (κ1) is 26.6. The van der Waals surface area contributed by atoms with Gasteiger partial charge in [0.2, 0.25) is 0 Å². The number of ether oxygens (including phenoxy) is 2. The molecule has 1 saturated heterocycles. The number of guanidine groups is 1. The van der Waals surface area contributed by atoms with Gasteiger partial charge in [-0.1, -0.05) is 26.0 Å². The molecular weight excluding hydrogens is 495 g/mol. The molecule has 8 heteroatoms. The number of hydrogen-bond donors (Lipinski definition) is 2. The highest BCUT2D eigenvalue weighted by atomic mass is 127. The van der Waals surface area contributed by atoms with Crippen molar-refractivity contribution in [1.82, 2.24) is 15.5 Å². The van der Waals surface area contributed by atoms with Crippen LogP contribution in [-0.2, 0) is 15.9 Å². The van der Waals surface area contributed by atoms with Crippen molar-refractivity contribution >= 4 is 35.9 Å². The van der Waals surface area contributed by atoms with Gasteiger partial charge in [0, 0.05) is 32.7 Å². The molecule has 1 heterocycles. The van der Waals surface area contributed by atoms with Gasteiger partial charge < -0.3 is 20.1 Å². The van der Waals surface area contributed by atoms with E-state index >= 15 is 0 Å². The zero-order valence-electron chi connectivity index (χ0n) is 18.6. The number of carbonyl (C=O) groups is 1. The Bertz CT molecular complexity index is 652. The van der Waals surface area contributed by atoms with Gasteiger partial charge in [0.05, 0.1) is 31.9 Å². The van der Waals surface area contributed by atoms with Crippen molar-refractivity contribution in [3.05, 3.63) is 35.4 Å². The molecule has 1 aromatic rings. The Labute approximate surface area is 198 Å². The van der Waals surface area contributed by atoms with E-state index in [9.17, 15) is 4.79 Å². The van der Waals surface area contributed by atoms with Crippen LogP contribution in [-0.4, -0.2) is 75.9 Å². The number of halogens is 1. The number of nitrogens with one attached hydrogen (secondary N) is 2. The number of morpholine rings is 1. The van der Waals surface area contributed by atoms with E-state index in [-0.39, 0.29) is 36.0 Å². The van der Waals surface area contributed by atoms with Crippen LogP contribution in [0.2, 0.25) is 0 Å². The fraction of sp³-hybridized carbons (Fsp3) is 0.636. The van der Waals surface area contributed by atoms with Crippen molar-refractivity contribution in [3.63, 3.8) is 0 Å². The van der Waals surface area contributed by atoms with Crippen LogP contribution in [0.5, 0.6) is 0 Å². The minimum atomic E-state index is -0.312. The molecule has 1 atom stereocenters. The molecule has 7 nitrogen and oxygen atoms in total. The average molecular weight is 532 g/mol. The lowest BCUT2D eigenvalue weighted by molar-refractivity contribution is -0.0261. The van der Waals surface area contributed by atoms with Crippen LogP contribution >= 0.6 is 24.0 Å². The topological polar surface area (TPSA) is 75.2 Å². The maximum atomic E-state index is 11.5. The summed E-state index contributed by atoms with van der Waals surface area (Å²) in [6.45, 7) is 12.6. The van der Waals surface area contributed by atoms with Gasteiger partial charge in [-0.15, -0.1) is 24.0 Å². The van der Waals surface area contributed by atoms with Gasteiger partial charge in [-0.25, -0.2) is 4.79 Å². The molecule has 1 fully saturated rings. The number of nitrogens with zero attached hydrogens (tertiary/aromatic N) is 2. The van der Waals surface area contributed by atoms with E-state index in [4.69, 9.17) is 14.5 Å². The Morgan fingerprint density at radius 3 is 2.67 bits per heavy atom. The van der Waals surface area contributed by atoms with Gasteiger partial charge in [-0.3, -0.25) is 9.89 Å². The van der Waals surface area contributed by atoms with Crippen molar-refractivity contribution in [2.24, 2.45) is 10.9 Å². The Kier molecular flexibility index (Phi) is 13.0. The minimum Gasteiger partial charge on any atom is -0.465 e. The largest absolute Gasteiger partial charge is 0.465 e. The highest BCUT2D eigenvalue weighted by Gasteiger charge is 2.20. The van der Waals surface area contributed by atoms with Crippen LogP contribution in [0.1, 0.15) is 36.7 Å².